The molecule has 1 nitrogen and oxygen atoms in total. The lowest BCUT2D eigenvalue weighted by Crippen LogP contribution is -2.17. The molecule has 0 radical (unpaired) electrons. The monoisotopic (exact) mass is 364 g/mol. The summed E-state index contributed by atoms with van der Waals surface area (Å²) in [5, 5.41) is 0. The van der Waals surface area contributed by atoms with Crippen LogP contribution in [0.15, 0.2) is 48.5 Å². The highest BCUT2D eigenvalue weighted by Gasteiger charge is 2.21. The molecule has 0 atom stereocenters. The smallest absolute Gasteiger partial charge is 0.193 e. The fourth-order valence-electron chi connectivity index (χ4n) is 2.09. The van der Waals surface area contributed by atoms with E-state index >= 15 is 0 Å². The van der Waals surface area contributed by atoms with Crippen LogP contribution in [0.25, 0.3) is 0 Å². The Morgan fingerprint density at radius 2 is 1.53 bits per heavy atom. The van der Waals surface area contributed by atoms with E-state index in [2.05, 4.69) is 43.4 Å². The molecule has 0 N–H and O–H groups in total. The molecule has 0 spiro atoms. The van der Waals surface area contributed by atoms with Gasteiger partial charge in [0.25, 0.3) is 0 Å². The van der Waals surface area contributed by atoms with Crippen molar-refractivity contribution in [2.75, 3.05) is 0 Å². The van der Waals surface area contributed by atoms with Gasteiger partial charge < -0.3 is 0 Å². The van der Waals surface area contributed by atoms with Crippen molar-refractivity contribution in [3.8, 4) is 0 Å². The van der Waals surface area contributed by atoms with Gasteiger partial charge in [-0.05, 0) is 57.8 Å². The molecule has 2 heteroatoms. The molecule has 0 aliphatic heterocycles. The minimum absolute atomic E-state index is 0.0323. The van der Waals surface area contributed by atoms with Gasteiger partial charge in [-0.2, -0.15) is 0 Å². The van der Waals surface area contributed by atoms with Crippen molar-refractivity contribution in [3.05, 3.63) is 68.8 Å². The lowest BCUT2D eigenvalue weighted by atomic mass is 9.82. The maximum absolute atomic E-state index is 12.6. The summed E-state index contributed by atoms with van der Waals surface area (Å²) in [7, 11) is 0. The van der Waals surface area contributed by atoms with Gasteiger partial charge in [-0.15, -0.1) is 0 Å². The molecule has 0 saturated heterocycles. The summed E-state index contributed by atoms with van der Waals surface area (Å²) in [5.74, 6) is 0.0990. The quantitative estimate of drug-likeness (QED) is 0.552. The van der Waals surface area contributed by atoms with Crippen molar-refractivity contribution in [1.29, 1.82) is 0 Å². The van der Waals surface area contributed by atoms with Gasteiger partial charge in [0.05, 0.1) is 0 Å². The average molecular weight is 364 g/mol. The van der Waals surface area contributed by atoms with E-state index in [9.17, 15) is 4.79 Å². The van der Waals surface area contributed by atoms with Gasteiger partial charge in [0.1, 0.15) is 0 Å². The van der Waals surface area contributed by atoms with Crippen LogP contribution in [0.2, 0.25) is 0 Å². The molecule has 0 aliphatic carbocycles. The number of hydrogen-bond donors (Lipinski definition) is 0. The number of ketones is 1. The highest BCUT2D eigenvalue weighted by Crippen LogP contribution is 2.27. The van der Waals surface area contributed by atoms with Crippen LogP contribution < -0.4 is 0 Å². The first-order chi connectivity index (χ1) is 8.89. The molecule has 0 saturated carbocycles. The second kappa shape index (κ2) is 5.45. The van der Waals surface area contributed by atoms with Crippen molar-refractivity contribution in [2.45, 2.75) is 26.2 Å². The number of hydrogen-bond acceptors (Lipinski definition) is 1. The summed E-state index contributed by atoms with van der Waals surface area (Å²) in [6, 6.07) is 15.6. The predicted octanol–water partition coefficient (Wildman–Crippen LogP) is 4.82. The second-order valence-electron chi connectivity index (χ2n) is 5.63. The Kier molecular flexibility index (Phi) is 4.09. The van der Waals surface area contributed by atoms with Crippen molar-refractivity contribution >= 4 is 28.4 Å². The summed E-state index contributed by atoms with van der Waals surface area (Å²) in [5.41, 5.74) is 2.61. The molecule has 98 valence electrons. The van der Waals surface area contributed by atoms with Crippen LogP contribution in [-0.2, 0) is 5.41 Å². The van der Waals surface area contributed by atoms with Crippen molar-refractivity contribution in [3.63, 3.8) is 0 Å². The summed E-state index contributed by atoms with van der Waals surface area (Å²) in [4.78, 5) is 12.6. The molecular weight excluding hydrogens is 347 g/mol. The first-order valence-corrected chi connectivity index (χ1v) is 7.37. The molecule has 19 heavy (non-hydrogen) atoms. The van der Waals surface area contributed by atoms with Crippen LogP contribution >= 0.6 is 22.6 Å². The number of carbonyl (C=O) groups excluding carboxylic acids is 1. The summed E-state index contributed by atoms with van der Waals surface area (Å²) < 4.78 is 1.14. The topological polar surface area (TPSA) is 17.1 Å². The highest BCUT2D eigenvalue weighted by molar-refractivity contribution is 14.1. The van der Waals surface area contributed by atoms with Crippen molar-refractivity contribution < 1.29 is 4.79 Å². The Labute approximate surface area is 128 Å². The lowest BCUT2D eigenvalue weighted by Gasteiger charge is -2.22. The zero-order chi connectivity index (χ0) is 14.0. The second-order valence-corrected chi connectivity index (χ2v) is 6.88. The summed E-state index contributed by atoms with van der Waals surface area (Å²) in [6.45, 7) is 6.40. The molecule has 0 amide bonds. The first kappa shape index (κ1) is 14.3. The van der Waals surface area contributed by atoms with E-state index in [0.29, 0.717) is 0 Å². The number of rotatable bonds is 2. The van der Waals surface area contributed by atoms with E-state index in [4.69, 9.17) is 0 Å². The third kappa shape index (κ3) is 3.24. The van der Waals surface area contributed by atoms with Crippen molar-refractivity contribution in [1.82, 2.24) is 0 Å². The molecule has 0 unspecified atom stereocenters. The third-order valence-electron chi connectivity index (χ3n) is 3.09. The maximum Gasteiger partial charge on any atom is 0.193 e. The molecule has 0 aromatic heterocycles. The van der Waals surface area contributed by atoms with E-state index in [-0.39, 0.29) is 11.2 Å². The zero-order valence-electron chi connectivity index (χ0n) is 11.4. The molecule has 0 aliphatic rings. The van der Waals surface area contributed by atoms with Crippen LogP contribution in [0, 0.1) is 3.57 Å². The third-order valence-corrected chi connectivity index (χ3v) is 3.81. The molecule has 2 aromatic rings. The SMILES string of the molecule is CC(C)(C)c1ccccc1C(=O)c1ccc(I)cc1. The normalized spacial score (nSPS) is 11.4. The summed E-state index contributed by atoms with van der Waals surface area (Å²) in [6.07, 6.45) is 0. The number of benzene rings is 2. The Balaban J connectivity index is 2.48. The van der Waals surface area contributed by atoms with Gasteiger partial charge in [-0.25, -0.2) is 0 Å². The van der Waals surface area contributed by atoms with Gasteiger partial charge in [0.15, 0.2) is 5.78 Å². The fraction of sp³-hybridized carbons (Fsp3) is 0.235. The molecule has 0 heterocycles. The van der Waals surface area contributed by atoms with E-state index in [1.165, 1.54) is 0 Å². The average Bonchev–Trinajstić information content (AvgIpc) is 2.38. The Morgan fingerprint density at radius 1 is 0.947 bits per heavy atom. The number of carbonyl (C=O) groups is 1. The highest BCUT2D eigenvalue weighted by atomic mass is 127. The van der Waals surface area contributed by atoms with Gasteiger partial charge in [0.2, 0.25) is 0 Å². The Bertz CT molecular complexity index is 591. The lowest BCUT2D eigenvalue weighted by molar-refractivity contribution is 0.103. The standard InChI is InChI=1S/C17H17IO/c1-17(2,3)15-7-5-4-6-14(15)16(19)12-8-10-13(18)11-9-12/h4-11H,1-3H3. The van der Waals surface area contributed by atoms with Crippen LogP contribution in [0.4, 0.5) is 0 Å². The van der Waals surface area contributed by atoms with Crippen LogP contribution in [0.3, 0.4) is 0 Å². The van der Waals surface area contributed by atoms with E-state index in [1.54, 1.807) is 0 Å². The minimum atomic E-state index is -0.0323. The molecule has 2 rings (SSSR count). The fourth-order valence-corrected chi connectivity index (χ4v) is 2.45. The van der Waals surface area contributed by atoms with Gasteiger partial charge in [-0.3, -0.25) is 4.79 Å². The van der Waals surface area contributed by atoms with E-state index < -0.39 is 0 Å². The predicted molar refractivity (Wildman–Crippen MR) is 87.7 cm³/mol. The molecule has 0 fully saturated rings. The van der Waals surface area contributed by atoms with Crippen LogP contribution in [0.5, 0.6) is 0 Å². The largest absolute Gasteiger partial charge is 0.289 e. The Hall–Kier alpha value is -1.16. The maximum atomic E-state index is 12.6. The number of halogens is 1. The van der Waals surface area contributed by atoms with E-state index in [0.717, 1.165) is 20.3 Å². The Morgan fingerprint density at radius 3 is 2.11 bits per heavy atom. The zero-order valence-corrected chi connectivity index (χ0v) is 13.6. The van der Waals surface area contributed by atoms with E-state index in [1.807, 2.05) is 48.5 Å². The van der Waals surface area contributed by atoms with Gasteiger partial charge in [-0.1, -0.05) is 45.0 Å². The summed E-state index contributed by atoms with van der Waals surface area (Å²) >= 11 is 2.24. The molecule has 0 bridgehead atoms. The van der Waals surface area contributed by atoms with Crippen LogP contribution in [0.1, 0.15) is 42.3 Å². The van der Waals surface area contributed by atoms with Crippen molar-refractivity contribution in [2.24, 2.45) is 0 Å². The van der Waals surface area contributed by atoms with Gasteiger partial charge >= 0.3 is 0 Å². The molecule has 2 aromatic carbocycles. The molecular formula is C17H17IO. The first-order valence-electron chi connectivity index (χ1n) is 6.29. The van der Waals surface area contributed by atoms with Gasteiger partial charge in [0, 0.05) is 14.7 Å². The minimum Gasteiger partial charge on any atom is -0.289 e. The van der Waals surface area contributed by atoms with Crippen LogP contribution in [-0.4, -0.2) is 5.78 Å².